The van der Waals surface area contributed by atoms with Crippen LogP contribution < -0.4 is 5.73 Å². The van der Waals surface area contributed by atoms with Crippen molar-refractivity contribution in [3.8, 4) is 0 Å². The van der Waals surface area contributed by atoms with E-state index >= 15 is 0 Å². The zero-order valence-corrected chi connectivity index (χ0v) is 9.03. The normalized spacial score (nSPS) is 15.4. The maximum Gasteiger partial charge on any atom is 0.152 e. The number of hydrogen-bond acceptors (Lipinski definition) is 4. The first-order valence-electron chi connectivity index (χ1n) is 4.74. The van der Waals surface area contributed by atoms with Crippen molar-refractivity contribution < 1.29 is 4.74 Å². The summed E-state index contributed by atoms with van der Waals surface area (Å²) in [5.41, 5.74) is 5.67. The van der Waals surface area contributed by atoms with Crippen molar-refractivity contribution in [3.63, 3.8) is 0 Å². The molecule has 1 unspecified atom stereocenters. The van der Waals surface area contributed by atoms with Crippen LogP contribution in [-0.2, 0) is 18.4 Å². The Bertz CT molecular complexity index is 282. The molecule has 0 bridgehead atoms. The summed E-state index contributed by atoms with van der Waals surface area (Å²) in [5, 5.41) is 3.95. The third kappa shape index (κ3) is 3.08. The summed E-state index contributed by atoms with van der Waals surface area (Å²) in [5.74, 6) is 0.817. The highest BCUT2D eigenvalue weighted by Crippen LogP contribution is 2.06. The van der Waals surface area contributed by atoms with Crippen LogP contribution in [0.3, 0.4) is 0 Å². The minimum atomic E-state index is -0.251. The molecule has 1 atom stereocenters. The van der Waals surface area contributed by atoms with Gasteiger partial charge in [-0.1, -0.05) is 6.92 Å². The van der Waals surface area contributed by atoms with Gasteiger partial charge in [-0.05, 0) is 13.3 Å². The molecule has 1 aromatic heterocycles. The molecule has 0 aromatic carbocycles. The molecule has 14 heavy (non-hydrogen) atoms. The third-order valence-electron chi connectivity index (χ3n) is 2.28. The molecule has 1 aromatic rings. The first-order chi connectivity index (χ1) is 6.55. The van der Waals surface area contributed by atoms with E-state index in [4.69, 9.17) is 10.5 Å². The first kappa shape index (κ1) is 11.1. The van der Waals surface area contributed by atoms with Gasteiger partial charge in [-0.2, -0.15) is 5.10 Å². The van der Waals surface area contributed by atoms with Crippen LogP contribution in [0.25, 0.3) is 0 Å². The molecule has 80 valence electrons. The van der Waals surface area contributed by atoms with Crippen molar-refractivity contribution in [2.75, 3.05) is 6.61 Å². The lowest BCUT2D eigenvalue weighted by molar-refractivity contribution is 0.0718. The zero-order valence-electron chi connectivity index (χ0n) is 9.03. The molecule has 0 fully saturated rings. The smallest absolute Gasteiger partial charge is 0.152 e. The standard InChI is InChI=1S/C9H18N4O/c1-4-9(2,10)6-14-5-8-11-7-12-13(8)3/h7H,4-6,10H2,1-3H3. The average molecular weight is 198 g/mol. The quantitative estimate of drug-likeness (QED) is 0.746. The maximum absolute atomic E-state index is 5.93. The molecule has 1 rings (SSSR count). The molecule has 0 amide bonds. The van der Waals surface area contributed by atoms with Gasteiger partial charge in [-0.3, -0.25) is 4.68 Å². The predicted octanol–water partition coefficient (Wildman–Crippen LogP) is 0.459. The van der Waals surface area contributed by atoms with Crippen molar-refractivity contribution in [1.82, 2.24) is 14.8 Å². The summed E-state index contributed by atoms with van der Waals surface area (Å²) in [6.45, 7) is 5.02. The summed E-state index contributed by atoms with van der Waals surface area (Å²) in [6.07, 6.45) is 2.41. The summed E-state index contributed by atoms with van der Waals surface area (Å²) in [6, 6.07) is 0. The molecule has 0 aliphatic heterocycles. The lowest BCUT2D eigenvalue weighted by Crippen LogP contribution is -2.40. The van der Waals surface area contributed by atoms with Gasteiger partial charge in [0, 0.05) is 12.6 Å². The van der Waals surface area contributed by atoms with Gasteiger partial charge in [-0.15, -0.1) is 0 Å². The highest BCUT2D eigenvalue weighted by atomic mass is 16.5. The van der Waals surface area contributed by atoms with Gasteiger partial charge in [0.2, 0.25) is 0 Å². The van der Waals surface area contributed by atoms with E-state index in [-0.39, 0.29) is 5.54 Å². The zero-order chi connectivity index (χ0) is 10.6. The molecule has 0 aliphatic rings. The number of aromatic nitrogens is 3. The van der Waals surface area contributed by atoms with E-state index in [0.29, 0.717) is 13.2 Å². The molecule has 0 aliphatic carbocycles. The van der Waals surface area contributed by atoms with Crippen molar-refractivity contribution in [2.45, 2.75) is 32.4 Å². The summed E-state index contributed by atoms with van der Waals surface area (Å²) >= 11 is 0. The Morgan fingerprint density at radius 2 is 2.36 bits per heavy atom. The van der Waals surface area contributed by atoms with Gasteiger partial charge in [-0.25, -0.2) is 4.98 Å². The molecule has 0 spiro atoms. The van der Waals surface area contributed by atoms with Crippen LogP contribution in [0.1, 0.15) is 26.1 Å². The molecule has 0 saturated carbocycles. The molecular formula is C9H18N4O. The highest BCUT2D eigenvalue weighted by molar-refractivity contribution is 4.81. The monoisotopic (exact) mass is 198 g/mol. The van der Waals surface area contributed by atoms with Crippen LogP contribution in [-0.4, -0.2) is 26.9 Å². The molecule has 0 saturated heterocycles. The Morgan fingerprint density at radius 3 is 2.86 bits per heavy atom. The number of ether oxygens (including phenoxy) is 1. The van der Waals surface area contributed by atoms with E-state index in [0.717, 1.165) is 12.2 Å². The Balaban J connectivity index is 2.32. The largest absolute Gasteiger partial charge is 0.372 e. The van der Waals surface area contributed by atoms with E-state index in [1.165, 1.54) is 6.33 Å². The topological polar surface area (TPSA) is 66.0 Å². The number of aryl methyl sites for hydroxylation is 1. The predicted molar refractivity (Wildman–Crippen MR) is 53.5 cm³/mol. The Morgan fingerprint density at radius 1 is 1.64 bits per heavy atom. The van der Waals surface area contributed by atoms with Crippen molar-refractivity contribution in [2.24, 2.45) is 12.8 Å². The molecule has 0 radical (unpaired) electrons. The molecule has 5 nitrogen and oxygen atoms in total. The van der Waals surface area contributed by atoms with Gasteiger partial charge >= 0.3 is 0 Å². The van der Waals surface area contributed by atoms with Gasteiger partial charge in [0.25, 0.3) is 0 Å². The summed E-state index contributed by atoms with van der Waals surface area (Å²) < 4.78 is 7.16. The van der Waals surface area contributed by atoms with Crippen LogP contribution >= 0.6 is 0 Å². The highest BCUT2D eigenvalue weighted by Gasteiger charge is 2.15. The second-order valence-corrected chi connectivity index (χ2v) is 3.80. The SMILES string of the molecule is CCC(C)(N)COCc1ncnn1C. The molecule has 2 N–H and O–H groups in total. The van der Waals surface area contributed by atoms with Crippen molar-refractivity contribution in [3.05, 3.63) is 12.2 Å². The lowest BCUT2D eigenvalue weighted by atomic mass is 10.0. The second-order valence-electron chi connectivity index (χ2n) is 3.80. The first-order valence-corrected chi connectivity index (χ1v) is 4.74. The van der Waals surface area contributed by atoms with Gasteiger partial charge < -0.3 is 10.5 Å². The Labute approximate surface area is 84.3 Å². The van der Waals surface area contributed by atoms with Crippen LogP contribution in [0.15, 0.2) is 6.33 Å². The second kappa shape index (κ2) is 4.52. The number of hydrogen-bond donors (Lipinski definition) is 1. The summed E-state index contributed by atoms with van der Waals surface area (Å²) in [4.78, 5) is 4.05. The third-order valence-corrected chi connectivity index (χ3v) is 2.28. The van der Waals surface area contributed by atoms with Crippen LogP contribution in [0.5, 0.6) is 0 Å². The Hall–Kier alpha value is -0.940. The van der Waals surface area contributed by atoms with E-state index in [1.807, 2.05) is 20.9 Å². The fourth-order valence-electron chi connectivity index (χ4n) is 0.928. The number of nitrogens with zero attached hydrogens (tertiary/aromatic N) is 3. The molecule has 1 heterocycles. The average Bonchev–Trinajstić information content (AvgIpc) is 2.52. The van der Waals surface area contributed by atoms with Gasteiger partial charge in [0.05, 0.1) is 6.61 Å². The lowest BCUT2D eigenvalue weighted by Gasteiger charge is -2.21. The summed E-state index contributed by atoms with van der Waals surface area (Å²) in [7, 11) is 1.84. The van der Waals surface area contributed by atoms with E-state index in [1.54, 1.807) is 4.68 Å². The van der Waals surface area contributed by atoms with Crippen LogP contribution in [0.2, 0.25) is 0 Å². The van der Waals surface area contributed by atoms with E-state index in [2.05, 4.69) is 10.1 Å². The minimum Gasteiger partial charge on any atom is -0.372 e. The fraction of sp³-hybridized carbons (Fsp3) is 0.778. The van der Waals surface area contributed by atoms with Gasteiger partial charge in [0.1, 0.15) is 12.9 Å². The fourth-order valence-corrected chi connectivity index (χ4v) is 0.928. The molecule has 5 heteroatoms. The minimum absolute atomic E-state index is 0.251. The Kier molecular flexibility index (Phi) is 3.60. The molecular weight excluding hydrogens is 180 g/mol. The van der Waals surface area contributed by atoms with Crippen LogP contribution in [0, 0.1) is 0 Å². The number of rotatable bonds is 5. The van der Waals surface area contributed by atoms with Gasteiger partial charge in [0.15, 0.2) is 5.82 Å². The number of nitrogens with two attached hydrogens (primary N) is 1. The van der Waals surface area contributed by atoms with Crippen molar-refractivity contribution >= 4 is 0 Å². The van der Waals surface area contributed by atoms with Crippen LogP contribution in [0.4, 0.5) is 0 Å². The van der Waals surface area contributed by atoms with E-state index < -0.39 is 0 Å². The maximum atomic E-state index is 5.93. The van der Waals surface area contributed by atoms with E-state index in [9.17, 15) is 0 Å². The van der Waals surface area contributed by atoms with Crippen molar-refractivity contribution in [1.29, 1.82) is 0 Å².